The van der Waals surface area contributed by atoms with Crippen molar-refractivity contribution in [2.75, 3.05) is 33.4 Å². The molecule has 176 valence electrons. The highest BCUT2D eigenvalue weighted by Gasteiger charge is 2.27. The van der Waals surface area contributed by atoms with Crippen molar-refractivity contribution in [3.63, 3.8) is 0 Å². The van der Waals surface area contributed by atoms with Gasteiger partial charge in [-0.05, 0) is 43.3 Å². The molecule has 33 heavy (non-hydrogen) atoms. The van der Waals surface area contributed by atoms with Crippen LogP contribution in [0.4, 0.5) is 0 Å². The number of fused-ring (bicyclic) bond motifs is 1. The van der Waals surface area contributed by atoms with Crippen LogP contribution >= 0.6 is 11.6 Å². The molecule has 0 bridgehead atoms. The molecule has 0 radical (unpaired) electrons. The first-order valence-electron chi connectivity index (χ1n) is 10.4. The van der Waals surface area contributed by atoms with Crippen molar-refractivity contribution in [2.45, 2.75) is 25.0 Å². The molecule has 0 unspecified atom stereocenters. The Hall–Kier alpha value is -2.66. The molecule has 2 heterocycles. The first-order valence-corrected chi connectivity index (χ1v) is 12.2. The molecule has 0 amide bonds. The first-order chi connectivity index (χ1) is 15.8. The van der Waals surface area contributed by atoms with Crippen LogP contribution in [-0.4, -0.2) is 61.7 Å². The fraction of sp³-hybridized carbons (Fsp3) is 0.364. The van der Waals surface area contributed by atoms with Crippen LogP contribution in [-0.2, 0) is 32.6 Å². The molecule has 4 rings (SSSR count). The van der Waals surface area contributed by atoms with Gasteiger partial charge >= 0.3 is 5.97 Å². The number of carbonyl (C=O) groups is 1. The van der Waals surface area contributed by atoms with E-state index in [0.29, 0.717) is 55.5 Å². The number of sulfonamides is 1. The summed E-state index contributed by atoms with van der Waals surface area (Å²) in [6, 6.07) is 9.61. The zero-order valence-electron chi connectivity index (χ0n) is 18.3. The minimum Gasteiger partial charge on any atom is -0.484 e. The first kappa shape index (κ1) is 23.5. The molecule has 0 N–H and O–H groups in total. The third-order valence-electron chi connectivity index (χ3n) is 5.43. The molecule has 0 aliphatic carbocycles. The number of hydrogen-bond acceptors (Lipinski definition) is 7. The van der Waals surface area contributed by atoms with Crippen molar-refractivity contribution < 1.29 is 27.4 Å². The molecule has 11 heteroatoms. The number of aryl methyl sites for hydroxylation is 1. The van der Waals surface area contributed by atoms with Gasteiger partial charge < -0.3 is 18.8 Å². The number of aromatic nitrogens is 2. The van der Waals surface area contributed by atoms with Crippen molar-refractivity contribution in [1.82, 2.24) is 13.9 Å². The van der Waals surface area contributed by atoms with E-state index in [-0.39, 0.29) is 16.5 Å². The summed E-state index contributed by atoms with van der Waals surface area (Å²) in [5, 5.41) is 0.274. The third-order valence-corrected chi connectivity index (χ3v) is 7.62. The van der Waals surface area contributed by atoms with Gasteiger partial charge in [-0.3, -0.25) is 0 Å². The Bertz CT molecular complexity index is 1280. The highest BCUT2D eigenvalue weighted by Crippen LogP contribution is 2.28. The monoisotopic (exact) mass is 493 g/mol. The number of ether oxygens (including phenoxy) is 3. The van der Waals surface area contributed by atoms with Gasteiger partial charge in [-0.2, -0.15) is 4.31 Å². The molecule has 1 aliphatic heterocycles. The summed E-state index contributed by atoms with van der Waals surface area (Å²) in [4.78, 5) is 16.5. The number of halogens is 1. The third kappa shape index (κ3) is 4.70. The molecule has 0 atom stereocenters. The molecular weight excluding hydrogens is 470 g/mol. The molecule has 9 nitrogen and oxygen atoms in total. The second-order valence-corrected chi connectivity index (χ2v) is 9.71. The molecule has 2 aromatic carbocycles. The largest absolute Gasteiger partial charge is 0.484 e. The van der Waals surface area contributed by atoms with Crippen LogP contribution in [0.2, 0.25) is 5.02 Å². The molecule has 0 spiro atoms. The van der Waals surface area contributed by atoms with E-state index in [0.717, 1.165) is 5.52 Å². The number of nitrogens with zero attached hydrogens (tertiary/aromatic N) is 3. The maximum absolute atomic E-state index is 13.0. The molecule has 1 aliphatic rings. The SMILES string of the molecule is CCn1c(COc2ccc(C(=O)OC)cc2Cl)nc2cc(S(=O)(=O)N3CCOCC3)ccc21. The number of imidazole rings is 1. The molecule has 3 aromatic rings. The average molecular weight is 494 g/mol. The summed E-state index contributed by atoms with van der Waals surface area (Å²) in [6.45, 7) is 4.15. The van der Waals surface area contributed by atoms with E-state index in [9.17, 15) is 13.2 Å². The Labute approximate surface area is 196 Å². The van der Waals surface area contributed by atoms with E-state index in [4.69, 9.17) is 25.8 Å². The fourth-order valence-electron chi connectivity index (χ4n) is 3.72. The standard InChI is InChI=1S/C22H24ClN3O6S/c1-3-26-19-6-5-16(33(28,29)25-8-10-31-11-9-25)13-18(19)24-21(26)14-32-20-7-4-15(12-17(20)23)22(27)30-2/h4-7,12-13H,3,8-11,14H2,1-2H3. The predicted molar refractivity (Wildman–Crippen MR) is 122 cm³/mol. The van der Waals surface area contributed by atoms with E-state index in [1.54, 1.807) is 30.3 Å². The van der Waals surface area contributed by atoms with Gasteiger partial charge in [-0.15, -0.1) is 0 Å². The second-order valence-electron chi connectivity index (χ2n) is 7.36. The topological polar surface area (TPSA) is 100.0 Å². The molecular formula is C22H24ClN3O6S. The van der Waals surface area contributed by atoms with Gasteiger partial charge in [-0.25, -0.2) is 18.2 Å². The average Bonchev–Trinajstić information content (AvgIpc) is 3.19. The lowest BCUT2D eigenvalue weighted by Crippen LogP contribution is -2.40. The number of methoxy groups -OCH3 is 1. The van der Waals surface area contributed by atoms with E-state index in [1.165, 1.54) is 17.5 Å². The Kier molecular flexibility index (Phi) is 6.89. The number of morpholine rings is 1. The number of carbonyl (C=O) groups excluding carboxylic acids is 1. The number of esters is 1. The van der Waals surface area contributed by atoms with Crippen LogP contribution in [0.15, 0.2) is 41.3 Å². The lowest BCUT2D eigenvalue weighted by atomic mass is 10.2. The van der Waals surface area contributed by atoms with Gasteiger partial charge in [0.15, 0.2) is 0 Å². The lowest BCUT2D eigenvalue weighted by Gasteiger charge is -2.26. The van der Waals surface area contributed by atoms with Gasteiger partial charge in [0, 0.05) is 19.6 Å². The van der Waals surface area contributed by atoms with Crippen molar-refractivity contribution >= 4 is 38.6 Å². The van der Waals surface area contributed by atoms with Crippen LogP contribution in [0, 0.1) is 0 Å². The maximum Gasteiger partial charge on any atom is 0.337 e. The Morgan fingerprint density at radius 1 is 1.18 bits per heavy atom. The smallest absolute Gasteiger partial charge is 0.337 e. The van der Waals surface area contributed by atoms with E-state index >= 15 is 0 Å². The van der Waals surface area contributed by atoms with Crippen molar-refractivity contribution in [3.8, 4) is 5.75 Å². The Morgan fingerprint density at radius 2 is 1.94 bits per heavy atom. The summed E-state index contributed by atoms with van der Waals surface area (Å²) < 4.78 is 45.2. The van der Waals surface area contributed by atoms with Crippen LogP contribution in [0.5, 0.6) is 5.75 Å². The van der Waals surface area contributed by atoms with Crippen LogP contribution < -0.4 is 4.74 Å². The van der Waals surface area contributed by atoms with Crippen molar-refractivity contribution in [3.05, 3.63) is 52.8 Å². The lowest BCUT2D eigenvalue weighted by molar-refractivity contribution is 0.0600. The highest BCUT2D eigenvalue weighted by atomic mass is 35.5. The summed E-state index contributed by atoms with van der Waals surface area (Å²) in [7, 11) is -2.32. The molecule has 1 saturated heterocycles. The summed E-state index contributed by atoms with van der Waals surface area (Å²) >= 11 is 6.25. The van der Waals surface area contributed by atoms with Gasteiger partial charge in [0.05, 0.1) is 46.8 Å². The minimum absolute atomic E-state index is 0.116. The Balaban J connectivity index is 1.59. The normalized spacial score (nSPS) is 15.0. The zero-order chi connectivity index (χ0) is 23.6. The summed E-state index contributed by atoms with van der Waals surface area (Å²) in [6.07, 6.45) is 0. The highest BCUT2D eigenvalue weighted by molar-refractivity contribution is 7.89. The number of rotatable bonds is 7. The minimum atomic E-state index is -3.62. The fourth-order valence-corrected chi connectivity index (χ4v) is 5.39. The molecule has 0 saturated carbocycles. The zero-order valence-corrected chi connectivity index (χ0v) is 19.9. The molecule has 1 fully saturated rings. The van der Waals surface area contributed by atoms with Gasteiger partial charge in [0.2, 0.25) is 10.0 Å². The number of benzene rings is 2. The summed E-state index contributed by atoms with van der Waals surface area (Å²) in [5.41, 5.74) is 1.70. The van der Waals surface area contributed by atoms with Gasteiger partial charge in [-0.1, -0.05) is 11.6 Å². The van der Waals surface area contributed by atoms with Crippen molar-refractivity contribution in [1.29, 1.82) is 0 Å². The van der Waals surface area contributed by atoms with Crippen molar-refractivity contribution in [2.24, 2.45) is 0 Å². The maximum atomic E-state index is 13.0. The van der Waals surface area contributed by atoms with Crippen LogP contribution in [0.25, 0.3) is 11.0 Å². The Morgan fingerprint density at radius 3 is 2.61 bits per heavy atom. The summed E-state index contributed by atoms with van der Waals surface area (Å²) in [5.74, 6) is 0.537. The van der Waals surface area contributed by atoms with Crippen LogP contribution in [0.3, 0.4) is 0 Å². The van der Waals surface area contributed by atoms with E-state index < -0.39 is 16.0 Å². The predicted octanol–water partition coefficient (Wildman–Crippen LogP) is 3.10. The van der Waals surface area contributed by atoms with Crippen LogP contribution in [0.1, 0.15) is 23.1 Å². The molecule has 1 aromatic heterocycles. The quantitative estimate of drug-likeness (QED) is 0.466. The van der Waals surface area contributed by atoms with Gasteiger partial charge in [0.25, 0.3) is 0 Å². The van der Waals surface area contributed by atoms with E-state index in [2.05, 4.69) is 4.98 Å². The van der Waals surface area contributed by atoms with Gasteiger partial charge in [0.1, 0.15) is 18.2 Å². The number of hydrogen-bond donors (Lipinski definition) is 0. The van der Waals surface area contributed by atoms with E-state index in [1.807, 2.05) is 11.5 Å². The second kappa shape index (κ2) is 9.68.